The Bertz CT molecular complexity index is 280. The molecule has 0 aromatic heterocycles. The van der Waals surface area contributed by atoms with Crippen LogP contribution in [-0.4, -0.2) is 48.7 Å². The number of nitrogens with zero attached hydrogens (tertiary/aromatic N) is 1. The van der Waals surface area contributed by atoms with Gasteiger partial charge >= 0.3 is 0 Å². The van der Waals surface area contributed by atoms with E-state index in [4.69, 9.17) is 0 Å². The average molecular weight is 268 g/mol. The van der Waals surface area contributed by atoms with Gasteiger partial charge in [0.15, 0.2) is 0 Å². The first-order valence-electron chi connectivity index (χ1n) is 7.85. The van der Waals surface area contributed by atoms with Crippen LogP contribution in [0.3, 0.4) is 0 Å². The predicted molar refractivity (Wildman–Crippen MR) is 75.9 cm³/mol. The van der Waals surface area contributed by atoms with Gasteiger partial charge in [0.2, 0.25) is 5.91 Å². The summed E-state index contributed by atoms with van der Waals surface area (Å²) in [5.74, 6) is 0.230. The largest absolute Gasteiger partial charge is 0.396 e. The van der Waals surface area contributed by atoms with Gasteiger partial charge in [-0.1, -0.05) is 25.7 Å². The van der Waals surface area contributed by atoms with Crippen molar-refractivity contribution in [1.82, 2.24) is 10.2 Å². The fraction of sp³-hybridized carbons (Fsp3) is 0.933. The summed E-state index contributed by atoms with van der Waals surface area (Å²) in [5.41, 5.74) is 0.0407. The number of carbonyl (C=O) groups is 1. The van der Waals surface area contributed by atoms with Crippen molar-refractivity contribution < 1.29 is 9.90 Å². The van der Waals surface area contributed by atoms with Gasteiger partial charge in [0.05, 0.1) is 6.54 Å². The molecule has 0 bridgehead atoms. The van der Waals surface area contributed by atoms with Crippen LogP contribution in [-0.2, 0) is 4.79 Å². The van der Waals surface area contributed by atoms with Crippen LogP contribution in [0, 0.1) is 5.41 Å². The molecule has 2 aliphatic rings. The molecule has 19 heavy (non-hydrogen) atoms. The summed E-state index contributed by atoms with van der Waals surface area (Å²) >= 11 is 0. The molecule has 1 aliphatic carbocycles. The number of carbonyl (C=O) groups excluding carboxylic acids is 1. The maximum absolute atomic E-state index is 12.1. The summed E-state index contributed by atoms with van der Waals surface area (Å²) in [5, 5.41) is 12.8. The Balaban J connectivity index is 1.70. The zero-order valence-corrected chi connectivity index (χ0v) is 12.0. The number of rotatable bonds is 5. The van der Waals surface area contributed by atoms with E-state index in [1.807, 2.05) is 4.90 Å². The molecule has 0 aromatic rings. The summed E-state index contributed by atoms with van der Waals surface area (Å²) in [6, 6.07) is 0. The third-order valence-corrected chi connectivity index (χ3v) is 4.73. The summed E-state index contributed by atoms with van der Waals surface area (Å²) in [6.45, 7) is 3.31. The Kier molecular flexibility index (Phi) is 5.64. The predicted octanol–water partition coefficient (Wildman–Crippen LogP) is 1.53. The Morgan fingerprint density at radius 1 is 1.05 bits per heavy atom. The van der Waals surface area contributed by atoms with E-state index in [0.29, 0.717) is 6.54 Å². The van der Waals surface area contributed by atoms with Crippen molar-refractivity contribution in [2.45, 2.75) is 51.4 Å². The Labute approximate surface area is 116 Å². The number of amides is 1. The molecule has 0 unspecified atom stereocenters. The zero-order chi connectivity index (χ0) is 13.6. The molecule has 2 N–H and O–H groups in total. The number of hydrogen-bond acceptors (Lipinski definition) is 3. The molecule has 0 spiro atoms. The highest BCUT2D eigenvalue weighted by atomic mass is 16.3. The number of hydrogen-bond donors (Lipinski definition) is 2. The first-order chi connectivity index (χ1) is 9.26. The van der Waals surface area contributed by atoms with Crippen LogP contribution in [0.4, 0.5) is 0 Å². The fourth-order valence-electron chi connectivity index (χ4n) is 3.38. The molecule has 1 heterocycles. The van der Waals surface area contributed by atoms with Crippen LogP contribution in [0.2, 0.25) is 0 Å². The summed E-state index contributed by atoms with van der Waals surface area (Å²) < 4.78 is 0. The molecule has 0 aromatic carbocycles. The van der Waals surface area contributed by atoms with Gasteiger partial charge in [-0.2, -0.15) is 0 Å². The van der Waals surface area contributed by atoms with Crippen molar-refractivity contribution in [3.05, 3.63) is 0 Å². The highest BCUT2D eigenvalue weighted by Gasteiger charge is 2.32. The highest BCUT2D eigenvalue weighted by Crippen LogP contribution is 2.36. The molecule has 2 rings (SSSR count). The van der Waals surface area contributed by atoms with Crippen LogP contribution in [0.5, 0.6) is 0 Å². The quantitative estimate of drug-likeness (QED) is 0.795. The van der Waals surface area contributed by atoms with Crippen LogP contribution in [0.15, 0.2) is 0 Å². The molecule has 4 nitrogen and oxygen atoms in total. The van der Waals surface area contributed by atoms with E-state index >= 15 is 0 Å². The lowest BCUT2D eigenvalue weighted by molar-refractivity contribution is -0.130. The van der Waals surface area contributed by atoms with Gasteiger partial charge in [-0.15, -0.1) is 0 Å². The lowest BCUT2D eigenvalue weighted by atomic mass is 9.87. The van der Waals surface area contributed by atoms with Gasteiger partial charge in [-0.3, -0.25) is 4.79 Å². The van der Waals surface area contributed by atoms with E-state index in [2.05, 4.69) is 5.32 Å². The first-order valence-corrected chi connectivity index (χ1v) is 7.85. The van der Waals surface area contributed by atoms with Crippen LogP contribution < -0.4 is 5.32 Å². The molecule has 0 atom stereocenters. The van der Waals surface area contributed by atoms with Gasteiger partial charge < -0.3 is 15.3 Å². The monoisotopic (exact) mass is 268 g/mol. The maximum Gasteiger partial charge on any atom is 0.236 e. The van der Waals surface area contributed by atoms with Gasteiger partial charge in [-0.05, 0) is 25.7 Å². The summed E-state index contributed by atoms with van der Waals surface area (Å²) in [4.78, 5) is 14.1. The molecular weight excluding hydrogens is 240 g/mol. The summed E-state index contributed by atoms with van der Waals surface area (Å²) in [7, 11) is 0. The molecule has 1 saturated carbocycles. The van der Waals surface area contributed by atoms with Crippen molar-refractivity contribution in [2.75, 3.05) is 32.8 Å². The fourth-order valence-corrected chi connectivity index (χ4v) is 3.38. The molecular formula is C15H28N2O2. The average Bonchev–Trinajstić information content (AvgIpc) is 2.73. The minimum atomic E-state index is 0.0407. The summed E-state index contributed by atoms with van der Waals surface area (Å²) in [6.07, 6.45) is 9.40. The minimum Gasteiger partial charge on any atom is -0.396 e. The standard InChI is InChI=1S/C15H28N2O2/c18-13-15(7-3-4-8-15)12-16-11-14(19)17-9-5-1-2-6-10-17/h16,18H,1-13H2. The van der Waals surface area contributed by atoms with E-state index in [9.17, 15) is 9.90 Å². The highest BCUT2D eigenvalue weighted by molar-refractivity contribution is 5.78. The molecule has 1 saturated heterocycles. The van der Waals surface area contributed by atoms with Gasteiger partial charge in [-0.25, -0.2) is 0 Å². The van der Waals surface area contributed by atoms with Gasteiger partial charge in [0.1, 0.15) is 0 Å². The second kappa shape index (κ2) is 7.25. The lowest BCUT2D eigenvalue weighted by Gasteiger charge is -2.27. The zero-order valence-electron chi connectivity index (χ0n) is 12.0. The molecule has 1 amide bonds. The number of likely N-dealkylation sites (tertiary alicyclic amines) is 1. The van der Waals surface area contributed by atoms with Crippen molar-refractivity contribution >= 4 is 5.91 Å². The minimum absolute atomic E-state index is 0.0407. The smallest absolute Gasteiger partial charge is 0.236 e. The number of nitrogens with one attached hydrogen (secondary N) is 1. The van der Waals surface area contributed by atoms with E-state index in [-0.39, 0.29) is 17.9 Å². The van der Waals surface area contributed by atoms with Gasteiger partial charge in [0, 0.05) is 31.7 Å². The van der Waals surface area contributed by atoms with Crippen molar-refractivity contribution in [2.24, 2.45) is 5.41 Å². The van der Waals surface area contributed by atoms with E-state index in [1.165, 1.54) is 25.7 Å². The number of aliphatic hydroxyl groups is 1. The third-order valence-electron chi connectivity index (χ3n) is 4.73. The second-order valence-corrected chi connectivity index (χ2v) is 6.26. The Morgan fingerprint density at radius 2 is 1.68 bits per heavy atom. The van der Waals surface area contributed by atoms with E-state index < -0.39 is 0 Å². The van der Waals surface area contributed by atoms with Crippen LogP contribution >= 0.6 is 0 Å². The van der Waals surface area contributed by atoms with E-state index in [0.717, 1.165) is 45.3 Å². The first kappa shape index (κ1) is 14.8. The molecule has 1 aliphatic heterocycles. The van der Waals surface area contributed by atoms with Crippen molar-refractivity contribution in [3.63, 3.8) is 0 Å². The van der Waals surface area contributed by atoms with Crippen molar-refractivity contribution in [1.29, 1.82) is 0 Å². The lowest BCUT2D eigenvalue weighted by Crippen LogP contribution is -2.42. The van der Waals surface area contributed by atoms with E-state index in [1.54, 1.807) is 0 Å². The topological polar surface area (TPSA) is 52.6 Å². The number of aliphatic hydroxyl groups excluding tert-OH is 1. The maximum atomic E-state index is 12.1. The molecule has 110 valence electrons. The Morgan fingerprint density at radius 3 is 2.26 bits per heavy atom. The molecule has 4 heteroatoms. The van der Waals surface area contributed by atoms with Crippen molar-refractivity contribution in [3.8, 4) is 0 Å². The second-order valence-electron chi connectivity index (χ2n) is 6.26. The van der Waals surface area contributed by atoms with Crippen LogP contribution in [0.25, 0.3) is 0 Å². The SMILES string of the molecule is O=C(CNCC1(CO)CCCC1)N1CCCCCC1. The molecule has 2 fully saturated rings. The third kappa shape index (κ3) is 4.18. The normalized spacial score (nSPS) is 23.3. The molecule has 0 radical (unpaired) electrons. The van der Waals surface area contributed by atoms with Gasteiger partial charge in [0.25, 0.3) is 0 Å². The van der Waals surface area contributed by atoms with Crippen LogP contribution in [0.1, 0.15) is 51.4 Å². The Hall–Kier alpha value is -0.610.